The molecule has 0 aliphatic rings. The smallest absolute Gasteiger partial charge is 0.158 e. The van der Waals surface area contributed by atoms with Crippen molar-refractivity contribution in [3.05, 3.63) is 28.1 Å². The molecule has 0 aliphatic heterocycles. The molecular weight excluding hydrogens is 474 g/mol. The minimum atomic E-state index is -0.0659. The van der Waals surface area contributed by atoms with Crippen molar-refractivity contribution in [2.24, 2.45) is 10.2 Å². The SMILES string of the molecule is COc1cc(N(CCOCCO)CCOCCO)c(OC)cc1N=Nc1sc(C#N)c(C)c1C#N. The van der Waals surface area contributed by atoms with E-state index in [1.807, 2.05) is 4.90 Å². The third-order valence-corrected chi connectivity index (χ3v) is 5.97. The first-order chi connectivity index (χ1) is 17.0. The van der Waals surface area contributed by atoms with Gasteiger partial charge in [0.25, 0.3) is 0 Å². The predicted molar refractivity (Wildman–Crippen MR) is 130 cm³/mol. The average Bonchev–Trinajstić information content (AvgIpc) is 3.20. The van der Waals surface area contributed by atoms with Crippen molar-refractivity contribution in [2.45, 2.75) is 6.92 Å². The van der Waals surface area contributed by atoms with Crippen LogP contribution < -0.4 is 14.4 Å². The lowest BCUT2D eigenvalue weighted by Crippen LogP contribution is -2.32. The van der Waals surface area contributed by atoms with Crippen molar-refractivity contribution in [1.82, 2.24) is 0 Å². The van der Waals surface area contributed by atoms with Gasteiger partial charge in [-0.2, -0.15) is 10.5 Å². The lowest BCUT2D eigenvalue weighted by Gasteiger charge is -2.27. The van der Waals surface area contributed by atoms with Gasteiger partial charge in [-0.3, -0.25) is 0 Å². The Balaban J connectivity index is 2.39. The number of nitriles is 2. The van der Waals surface area contributed by atoms with E-state index < -0.39 is 0 Å². The van der Waals surface area contributed by atoms with E-state index in [0.717, 1.165) is 11.3 Å². The van der Waals surface area contributed by atoms with Gasteiger partial charge in [-0.25, -0.2) is 0 Å². The van der Waals surface area contributed by atoms with Crippen molar-refractivity contribution < 1.29 is 29.2 Å². The number of ether oxygens (including phenoxy) is 4. The van der Waals surface area contributed by atoms with Crippen LogP contribution in [-0.4, -0.2) is 77.2 Å². The van der Waals surface area contributed by atoms with E-state index in [1.54, 1.807) is 19.1 Å². The van der Waals surface area contributed by atoms with Crippen molar-refractivity contribution in [3.8, 4) is 23.6 Å². The van der Waals surface area contributed by atoms with Crippen molar-refractivity contribution >= 4 is 27.7 Å². The Bertz CT molecular complexity index is 1060. The monoisotopic (exact) mass is 503 g/mol. The summed E-state index contributed by atoms with van der Waals surface area (Å²) in [4.78, 5) is 2.39. The summed E-state index contributed by atoms with van der Waals surface area (Å²) in [7, 11) is 3.04. The predicted octanol–water partition coefficient (Wildman–Crippen LogP) is 3.06. The number of aliphatic hydroxyl groups is 2. The lowest BCUT2D eigenvalue weighted by atomic mass is 10.2. The first-order valence-corrected chi connectivity index (χ1v) is 11.6. The van der Waals surface area contributed by atoms with Crippen LogP contribution in [0.4, 0.5) is 16.4 Å². The molecule has 0 atom stereocenters. The summed E-state index contributed by atoms with van der Waals surface area (Å²) in [6.45, 7) is 3.73. The summed E-state index contributed by atoms with van der Waals surface area (Å²) in [6.07, 6.45) is 0. The summed E-state index contributed by atoms with van der Waals surface area (Å²) in [5.74, 6) is 0.930. The van der Waals surface area contributed by atoms with E-state index in [-0.39, 0.29) is 26.4 Å². The molecule has 1 heterocycles. The van der Waals surface area contributed by atoms with E-state index >= 15 is 0 Å². The van der Waals surface area contributed by atoms with Gasteiger partial charge in [-0.1, -0.05) is 0 Å². The fourth-order valence-electron chi connectivity index (χ4n) is 3.13. The zero-order chi connectivity index (χ0) is 25.6. The number of azo groups is 1. The lowest BCUT2D eigenvalue weighted by molar-refractivity contribution is 0.0883. The number of thiophene rings is 1. The highest BCUT2D eigenvalue weighted by Gasteiger charge is 2.18. The molecule has 0 saturated carbocycles. The molecule has 1 aromatic carbocycles. The highest BCUT2D eigenvalue weighted by atomic mass is 32.1. The van der Waals surface area contributed by atoms with Gasteiger partial charge in [-0.15, -0.1) is 21.6 Å². The van der Waals surface area contributed by atoms with E-state index in [4.69, 9.17) is 29.2 Å². The standard InChI is InChI=1S/C23H29N5O6S/c1-16-17(14-24)23(35-22(16)15-25)27-26-18-12-21(32-3)19(13-20(18)31-2)28(4-8-33-10-6-29)5-9-34-11-7-30/h12-13,29-30H,4-11H2,1-3H3. The number of nitrogens with zero attached hydrogens (tertiary/aromatic N) is 5. The van der Waals surface area contributed by atoms with E-state index in [0.29, 0.717) is 70.2 Å². The molecule has 2 aromatic rings. The fourth-order valence-corrected chi connectivity index (χ4v) is 4.01. The molecule has 11 nitrogen and oxygen atoms in total. The number of hydrogen-bond donors (Lipinski definition) is 2. The Morgan fingerprint density at radius 3 is 2.06 bits per heavy atom. The second-order valence-corrected chi connectivity index (χ2v) is 8.01. The van der Waals surface area contributed by atoms with Crippen LogP contribution in [0.2, 0.25) is 0 Å². The van der Waals surface area contributed by atoms with Gasteiger partial charge >= 0.3 is 0 Å². The Kier molecular flexibility index (Phi) is 11.9. The van der Waals surface area contributed by atoms with Crippen LogP contribution in [0.1, 0.15) is 16.0 Å². The zero-order valence-corrected chi connectivity index (χ0v) is 20.8. The molecule has 0 unspecified atom stereocenters. The number of anilines is 1. The largest absolute Gasteiger partial charge is 0.494 e. The fraction of sp³-hybridized carbons (Fsp3) is 0.478. The maximum atomic E-state index is 9.44. The minimum absolute atomic E-state index is 0.0659. The van der Waals surface area contributed by atoms with Crippen LogP contribution in [0.15, 0.2) is 22.4 Å². The normalized spacial score (nSPS) is 10.8. The Morgan fingerprint density at radius 1 is 0.914 bits per heavy atom. The van der Waals surface area contributed by atoms with Gasteiger partial charge in [0.2, 0.25) is 0 Å². The van der Waals surface area contributed by atoms with Crippen LogP contribution in [0.3, 0.4) is 0 Å². The Labute approximate surface area is 208 Å². The van der Waals surface area contributed by atoms with Crippen molar-refractivity contribution in [3.63, 3.8) is 0 Å². The number of benzene rings is 1. The van der Waals surface area contributed by atoms with Crippen LogP contribution >= 0.6 is 11.3 Å². The molecule has 2 N–H and O–H groups in total. The summed E-state index contributed by atoms with van der Waals surface area (Å²) in [6, 6.07) is 7.57. The average molecular weight is 504 g/mol. The molecule has 0 radical (unpaired) electrons. The number of methoxy groups -OCH3 is 2. The maximum Gasteiger partial charge on any atom is 0.158 e. The highest BCUT2D eigenvalue weighted by molar-refractivity contribution is 7.16. The number of hydrogen-bond acceptors (Lipinski definition) is 12. The third-order valence-electron chi connectivity index (χ3n) is 4.89. The summed E-state index contributed by atoms with van der Waals surface area (Å²) in [5, 5.41) is 45.4. The summed E-state index contributed by atoms with van der Waals surface area (Å²) >= 11 is 1.10. The van der Waals surface area contributed by atoms with E-state index in [2.05, 4.69) is 22.4 Å². The molecule has 0 fully saturated rings. The Morgan fingerprint density at radius 2 is 1.54 bits per heavy atom. The number of rotatable bonds is 15. The van der Waals surface area contributed by atoms with Gasteiger partial charge in [0.05, 0.1) is 65.1 Å². The van der Waals surface area contributed by atoms with Gasteiger partial charge in [-0.05, 0) is 12.5 Å². The first-order valence-electron chi connectivity index (χ1n) is 10.8. The van der Waals surface area contributed by atoms with Crippen LogP contribution in [-0.2, 0) is 9.47 Å². The number of aliphatic hydroxyl groups excluding tert-OH is 2. The molecule has 2 rings (SSSR count). The third kappa shape index (κ3) is 7.62. The van der Waals surface area contributed by atoms with Gasteiger partial charge in [0.15, 0.2) is 5.00 Å². The van der Waals surface area contributed by atoms with Gasteiger partial charge in [0, 0.05) is 25.2 Å². The Hall–Kier alpha value is -3.26. The summed E-state index contributed by atoms with van der Waals surface area (Å²) in [5.41, 5.74) is 1.99. The van der Waals surface area contributed by atoms with E-state index in [1.165, 1.54) is 14.2 Å². The van der Waals surface area contributed by atoms with Gasteiger partial charge in [0.1, 0.15) is 34.2 Å². The quantitative estimate of drug-likeness (QED) is 0.276. The maximum absolute atomic E-state index is 9.44. The van der Waals surface area contributed by atoms with Crippen molar-refractivity contribution in [2.75, 3.05) is 71.9 Å². The second kappa shape index (κ2) is 14.9. The molecule has 0 spiro atoms. The molecule has 0 amide bonds. The zero-order valence-electron chi connectivity index (χ0n) is 20.0. The molecule has 0 aliphatic carbocycles. The highest BCUT2D eigenvalue weighted by Crippen LogP contribution is 2.42. The van der Waals surface area contributed by atoms with Gasteiger partial charge < -0.3 is 34.1 Å². The van der Waals surface area contributed by atoms with Crippen LogP contribution in [0.5, 0.6) is 11.5 Å². The molecule has 0 bridgehead atoms. The van der Waals surface area contributed by atoms with E-state index in [9.17, 15) is 10.5 Å². The molecule has 188 valence electrons. The molecule has 35 heavy (non-hydrogen) atoms. The topological polar surface area (TPSA) is 153 Å². The first kappa shape index (κ1) is 28.0. The summed E-state index contributed by atoms with van der Waals surface area (Å²) < 4.78 is 22.0. The molecule has 0 saturated heterocycles. The second-order valence-electron chi connectivity index (χ2n) is 7.01. The minimum Gasteiger partial charge on any atom is -0.494 e. The molecule has 1 aromatic heterocycles. The van der Waals surface area contributed by atoms with Crippen LogP contribution in [0.25, 0.3) is 0 Å². The molecular formula is C23H29N5O6S. The van der Waals surface area contributed by atoms with Crippen LogP contribution in [0, 0.1) is 29.6 Å². The molecule has 12 heteroatoms. The van der Waals surface area contributed by atoms with Crippen molar-refractivity contribution in [1.29, 1.82) is 10.5 Å².